The van der Waals surface area contributed by atoms with E-state index < -0.39 is 17.8 Å². The lowest BCUT2D eigenvalue weighted by molar-refractivity contribution is -0.125. The third kappa shape index (κ3) is 2.78. The zero-order valence-electron chi connectivity index (χ0n) is 10.8. The predicted octanol–water partition coefficient (Wildman–Crippen LogP) is 3.26. The van der Waals surface area contributed by atoms with Gasteiger partial charge in [-0.05, 0) is 24.3 Å². The third-order valence-electron chi connectivity index (χ3n) is 3.01. The van der Waals surface area contributed by atoms with Gasteiger partial charge in [-0.3, -0.25) is 4.79 Å². The molecule has 0 saturated carbocycles. The number of amides is 1. The molecule has 1 N–H and O–H groups in total. The van der Waals surface area contributed by atoms with E-state index in [1.54, 1.807) is 24.3 Å². The molecule has 0 aliphatic carbocycles. The quantitative estimate of drug-likeness (QED) is 0.926. The molecule has 0 bridgehead atoms. The summed E-state index contributed by atoms with van der Waals surface area (Å²) in [4.78, 5) is 12.1. The molecule has 21 heavy (non-hydrogen) atoms. The first-order valence-electron chi connectivity index (χ1n) is 6.28. The van der Waals surface area contributed by atoms with Crippen LogP contribution in [0.5, 0.6) is 11.5 Å². The Balaban J connectivity index is 1.74. The van der Waals surface area contributed by atoms with E-state index in [0.29, 0.717) is 11.5 Å². The fourth-order valence-corrected chi connectivity index (χ4v) is 2.14. The van der Waals surface area contributed by atoms with Crippen molar-refractivity contribution in [2.45, 2.75) is 6.10 Å². The Morgan fingerprint density at radius 2 is 1.95 bits per heavy atom. The summed E-state index contributed by atoms with van der Waals surface area (Å²) in [7, 11) is 0. The van der Waals surface area contributed by atoms with Crippen LogP contribution in [0.25, 0.3) is 0 Å². The first-order chi connectivity index (χ1) is 10.1. The third-order valence-corrected chi connectivity index (χ3v) is 3.30. The van der Waals surface area contributed by atoms with Gasteiger partial charge in [0.05, 0.1) is 10.7 Å². The number of carbonyl (C=O) groups is 1. The number of para-hydroxylation sites is 2. The second kappa shape index (κ2) is 5.61. The van der Waals surface area contributed by atoms with Gasteiger partial charge in [-0.1, -0.05) is 29.8 Å². The zero-order valence-corrected chi connectivity index (χ0v) is 11.6. The molecule has 0 radical (unpaired) electrons. The van der Waals surface area contributed by atoms with Gasteiger partial charge in [-0.25, -0.2) is 4.39 Å². The van der Waals surface area contributed by atoms with E-state index in [4.69, 9.17) is 21.1 Å². The normalized spacial score (nSPS) is 16.4. The lowest BCUT2D eigenvalue weighted by atomic mass is 10.2. The monoisotopic (exact) mass is 307 g/mol. The first-order valence-corrected chi connectivity index (χ1v) is 6.66. The van der Waals surface area contributed by atoms with E-state index in [1.807, 2.05) is 6.07 Å². The van der Waals surface area contributed by atoms with Crippen LogP contribution in [-0.4, -0.2) is 18.6 Å². The van der Waals surface area contributed by atoms with Crippen LogP contribution in [0.3, 0.4) is 0 Å². The Kier molecular flexibility index (Phi) is 3.66. The molecule has 1 atom stereocenters. The maximum absolute atomic E-state index is 13.7. The topological polar surface area (TPSA) is 47.6 Å². The van der Waals surface area contributed by atoms with E-state index in [0.717, 1.165) is 0 Å². The highest BCUT2D eigenvalue weighted by Gasteiger charge is 2.27. The van der Waals surface area contributed by atoms with Crippen molar-refractivity contribution < 1.29 is 18.7 Å². The Bertz CT molecular complexity index is 692. The smallest absolute Gasteiger partial charge is 0.269 e. The number of carbonyl (C=O) groups excluding carboxylic acids is 1. The molecule has 0 fully saturated rings. The summed E-state index contributed by atoms with van der Waals surface area (Å²) in [6.07, 6.45) is -0.849. The van der Waals surface area contributed by atoms with Crippen LogP contribution in [0.2, 0.25) is 5.02 Å². The second-order valence-electron chi connectivity index (χ2n) is 4.45. The Hall–Kier alpha value is -2.27. The molecule has 2 aromatic carbocycles. The minimum atomic E-state index is -0.849. The average Bonchev–Trinajstić information content (AvgIpc) is 2.51. The van der Waals surface area contributed by atoms with Crippen molar-refractivity contribution in [1.82, 2.24) is 0 Å². The van der Waals surface area contributed by atoms with Crippen molar-refractivity contribution in [3.05, 3.63) is 53.3 Å². The molecule has 0 spiro atoms. The largest absolute Gasteiger partial charge is 0.485 e. The number of anilines is 1. The minimum absolute atomic E-state index is 0.00922. The number of hydrogen-bond acceptors (Lipinski definition) is 3. The number of nitrogens with one attached hydrogen (secondary N) is 1. The fourth-order valence-electron chi connectivity index (χ4n) is 1.96. The van der Waals surface area contributed by atoms with Crippen molar-refractivity contribution in [3.8, 4) is 11.5 Å². The molecule has 1 amide bonds. The Labute approximate surface area is 125 Å². The Morgan fingerprint density at radius 3 is 2.76 bits per heavy atom. The summed E-state index contributed by atoms with van der Waals surface area (Å²) in [5.74, 6) is -0.110. The number of halogens is 2. The summed E-state index contributed by atoms with van der Waals surface area (Å²) in [6, 6.07) is 11.4. The van der Waals surface area contributed by atoms with Crippen molar-refractivity contribution in [2.24, 2.45) is 0 Å². The summed E-state index contributed by atoms with van der Waals surface area (Å²) in [5, 5.41) is 2.39. The van der Waals surface area contributed by atoms with Crippen LogP contribution in [0.15, 0.2) is 42.5 Å². The van der Waals surface area contributed by atoms with E-state index in [2.05, 4.69) is 5.32 Å². The number of benzene rings is 2. The summed E-state index contributed by atoms with van der Waals surface area (Å²) >= 11 is 5.67. The molecule has 3 rings (SSSR count). The number of hydrogen-bond donors (Lipinski definition) is 1. The molecular weight excluding hydrogens is 297 g/mol. The minimum Gasteiger partial charge on any atom is -0.485 e. The van der Waals surface area contributed by atoms with Crippen molar-refractivity contribution >= 4 is 23.2 Å². The summed E-state index contributed by atoms with van der Waals surface area (Å²) in [5.41, 5.74) is 0.00922. The van der Waals surface area contributed by atoms with E-state index >= 15 is 0 Å². The van der Waals surface area contributed by atoms with Gasteiger partial charge < -0.3 is 14.8 Å². The van der Waals surface area contributed by atoms with Crippen LogP contribution < -0.4 is 14.8 Å². The predicted molar refractivity (Wildman–Crippen MR) is 76.4 cm³/mol. The van der Waals surface area contributed by atoms with Crippen LogP contribution >= 0.6 is 11.6 Å². The van der Waals surface area contributed by atoms with Crippen LogP contribution in [0, 0.1) is 5.82 Å². The van der Waals surface area contributed by atoms with Gasteiger partial charge in [0, 0.05) is 0 Å². The molecule has 0 unspecified atom stereocenters. The highest BCUT2D eigenvalue weighted by Crippen LogP contribution is 2.31. The van der Waals surface area contributed by atoms with E-state index in [9.17, 15) is 9.18 Å². The van der Waals surface area contributed by atoms with Crippen molar-refractivity contribution in [3.63, 3.8) is 0 Å². The van der Waals surface area contributed by atoms with Gasteiger partial charge in [0.2, 0.25) is 6.10 Å². The van der Waals surface area contributed by atoms with Crippen molar-refractivity contribution in [2.75, 3.05) is 11.9 Å². The van der Waals surface area contributed by atoms with Gasteiger partial charge in [-0.15, -0.1) is 0 Å². The van der Waals surface area contributed by atoms with Crippen LogP contribution in [0.4, 0.5) is 10.1 Å². The molecule has 4 nitrogen and oxygen atoms in total. The van der Waals surface area contributed by atoms with Gasteiger partial charge in [0.25, 0.3) is 5.91 Å². The van der Waals surface area contributed by atoms with E-state index in [1.165, 1.54) is 12.1 Å². The second-order valence-corrected chi connectivity index (χ2v) is 4.86. The SMILES string of the molecule is O=C(Nc1cccc(Cl)c1F)[C@H]1COc2ccccc2O1. The van der Waals surface area contributed by atoms with Crippen LogP contribution in [0.1, 0.15) is 0 Å². The molecule has 0 saturated heterocycles. The molecular formula is C15H11ClFNO3. The average molecular weight is 308 g/mol. The van der Waals surface area contributed by atoms with E-state index in [-0.39, 0.29) is 17.3 Å². The molecule has 6 heteroatoms. The molecule has 0 aromatic heterocycles. The summed E-state index contributed by atoms with van der Waals surface area (Å²) < 4.78 is 24.7. The van der Waals surface area contributed by atoms with Crippen molar-refractivity contribution in [1.29, 1.82) is 0 Å². The summed E-state index contributed by atoms with van der Waals surface area (Å²) in [6.45, 7) is 0.0605. The lowest BCUT2D eigenvalue weighted by Crippen LogP contribution is -2.40. The number of fused-ring (bicyclic) bond motifs is 1. The molecule has 2 aromatic rings. The highest BCUT2D eigenvalue weighted by atomic mass is 35.5. The first kappa shape index (κ1) is 13.7. The molecule has 1 heterocycles. The Morgan fingerprint density at radius 1 is 1.19 bits per heavy atom. The molecule has 1 aliphatic heterocycles. The molecule has 1 aliphatic rings. The van der Waals surface area contributed by atoms with Gasteiger partial charge >= 0.3 is 0 Å². The van der Waals surface area contributed by atoms with Gasteiger partial charge in [0.15, 0.2) is 17.3 Å². The highest BCUT2D eigenvalue weighted by molar-refractivity contribution is 6.31. The van der Waals surface area contributed by atoms with Gasteiger partial charge in [0.1, 0.15) is 6.61 Å². The molecule has 108 valence electrons. The van der Waals surface area contributed by atoms with Gasteiger partial charge in [-0.2, -0.15) is 0 Å². The lowest BCUT2D eigenvalue weighted by Gasteiger charge is -2.25. The maximum atomic E-state index is 13.7. The standard InChI is InChI=1S/C15H11ClFNO3/c16-9-4-3-5-10(14(9)17)18-15(19)13-8-20-11-6-1-2-7-12(11)21-13/h1-7,13H,8H2,(H,18,19)/t13-/m1/s1. The zero-order chi connectivity index (χ0) is 14.8. The fraction of sp³-hybridized carbons (Fsp3) is 0.133. The van der Waals surface area contributed by atoms with Crippen LogP contribution in [-0.2, 0) is 4.79 Å². The number of rotatable bonds is 2. The maximum Gasteiger partial charge on any atom is 0.269 e. The number of ether oxygens (including phenoxy) is 2.